The van der Waals surface area contributed by atoms with E-state index < -0.39 is 18.5 Å². The van der Waals surface area contributed by atoms with Gasteiger partial charge in [0.25, 0.3) is 5.91 Å². The lowest BCUT2D eigenvalue weighted by Gasteiger charge is -2.05. The molecule has 25 heavy (non-hydrogen) atoms. The summed E-state index contributed by atoms with van der Waals surface area (Å²) >= 11 is 0. The molecule has 0 spiro atoms. The van der Waals surface area contributed by atoms with Gasteiger partial charge in [0, 0.05) is 18.0 Å². The standard InChI is InChI=1S/C17H20N2O6/c1-4-23-11-5-6-13-12(7-11)10(2)16(25-13)17(22)24-9-15(21)19-8-14(20)18-3/h5-7H,4,8-9H2,1-3H3,(H,18,20)(H,19,21). The Kier molecular flexibility index (Phi) is 5.99. The molecule has 0 aliphatic carbocycles. The smallest absolute Gasteiger partial charge is 0.375 e. The Hall–Kier alpha value is -3.03. The van der Waals surface area contributed by atoms with Crippen molar-refractivity contribution in [3.8, 4) is 5.75 Å². The third-order valence-electron chi connectivity index (χ3n) is 3.46. The number of rotatable bonds is 7. The van der Waals surface area contributed by atoms with Crippen LogP contribution in [0.4, 0.5) is 0 Å². The van der Waals surface area contributed by atoms with E-state index in [0.717, 1.165) is 5.39 Å². The van der Waals surface area contributed by atoms with Gasteiger partial charge in [-0.25, -0.2) is 4.79 Å². The summed E-state index contributed by atoms with van der Waals surface area (Å²) in [5.74, 6) is -0.973. The maximum absolute atomic E-state index is 12.1. The zero-order chi connectivity index (χ0) is 18.4. The Morgan fingerprint density at radius 1 is 1.20 bits per heavy atom. The van der Waals surface area contributed by atoms with E-state index in [1.165, 1.54) is 7.05 Å². The number of ether oxygens (including phenoxy) is 2. The van der Waals surface area contributed by atoms with E-state index in [9.17, 15) is 14.4 Å². The molecule has 8 heteroatoms. The molecule has 2 aromatic rings. The number of nitrogens with one attached hydrogen (secondary N) is 2. The summed E-state index contributed by atoms with van der Waals surface area (Å²) in [4.78, 5) is 34.7. The second-order valence-electron chi connectivity index (χ2n) is 5.17. The quantitative estimate of drug-likeness (QED) is 0.727. The second kappa shape index (κ2) is 8.18. The van der Waals surface area contributed by atoms with Crippen LogP contribution < -0.4 is 15.4 Å². The normalized spacial score (nSPS) is 10.4. The number of esters is 1. The molecule has 0 saturated carbocycles. The first kappa shape index (κ1) is 18.3. The molecule has 1 heterocycles. The number of furan rings is 1. The van der Waals surface area contributed by atoms with Crippen molar-refractivity contribution in [3.63, 3.8) is 0 Å². The van der Waals surface area contributed by atoms with Gasteiger partial charge in [-0.2, -0.15) is 0 Å². The van der Waals surface area contributed by atoms with Crippen LogP contribution in [-0.4, -0.2) is 44.6 Å². The van der Waals surface area contributed by atoms with Crippen molar-refractivity contribution in [1.82, 2.24) is 10.6 Å². The van der Waals surface area contributed by atoms with Crippen LogP contribution in [0.15, 0.2) is 22.6 Å². The van der Waals surface area contributed by atoms with Gasteiger partial charge in [-0.1, -0.05) is 0 Å². The Morgan fingerprint density at radius 3 is 2.64 bits per heavy atom. The summed E-state index contributed by atoms with van der Waals surface area (Å²) in [5, 5.41) is 5.43. The van der Waals surface area contributed by atoms with E-state index in [2.05, 4.69) is 10.6 Å². The van der Waals surface area contributed by atoms with Gasteiger partial charge in [0.05, 0.1) is 13.2 Å². The molecule has 0 bridgehead atoms. The molecule has 2 N–H and O–H groups in total. The van der Waals surface area contributed by atoms with Crippen LogP contribution >= 0.6 is 0 Å². The SMILES string of the molecule is CCOc1ccc2oc(C(=O)OCC(=O)NCC(=O)NC)c(C)c2c1. The number of likely N-dealkylation sites (N-methyl/N-ethyl adjacent to an activating group) is 1. The molecule has 0 atom stereocenters. The van der Waals surface area contributed by atoms with Crippen LogP contribution in [0.3, 0.4) is 0 Å². The highest BCUT2D eigenvalue weighted by Gasteiger charge is 2.20. The van der Waals surface area contributed by atoms with Crippen LogP contribution in [0.5, 0.6) is 5.75 Å². The zero-order valence-corrected chi connectivity index (χ0v) is 14.3. The van der Waals surface area contributed by atoms with Crippen LogP contribution in [-0.2, 0) is 14.3 Å². The summed E-state index contributed by atoms with van der Waals surface area (Å²) in [6.07, 6.45) is 0. The Bertz CT molecular complexity index is 796. The molecule has 0 radical (unpaired) electrons. The second-order valence-corrected chi connectivity index (χ2v) is 5.17. The Balaban J connectivity index is 2.03. The van der Waals surface area contributed by atoms with E-state index >= 15 is 0 Å². The number of carbonyl (C=O) groups excluding carboxylic acids is 3. The fourth-order valence-corrected chi connectivity index (χ4v) is 2.17. The summed E-state index contributed by atoms with van der Waals surface area (Å²) in [6, 6.07) is 5.24. The molecule has 0 fully saturated rings. The number of hydrogen-bond acceptors (Lipinski definition) is 6. The van der Waals surface area contributed by atoms with Gasteiger partial charge >= 0.3 is 5.97 Å². The van der Waals surface area contributed by atoms with Gasteiger partial charge in [-0.3, -0.25) is 9.59 Å². The van der Waals surface area contributed by atoms with E-state index in [1.807, 2.05) is 6.92 Å². The lowest BCUT2D eigenvalue weighted by molar-refractivity contribution is -0.127. The van der Waals surface area contributed by atoms with Crippen LogP contribution in [0.25, 0.3) is 11.0 Å². The van der Waals surface area contributed by atoms with Crippen LogP contribution in [0.1, 0.15) is 23.0 Å². The topological polar surface area (TPSA) is 107 Å². The maximum atomic E-state index is 12.1. The first-order valence-corrected chi connectivity index (χ1v) is 7.76. The van der Waals surface area contributed by atoms with Gasteiger partial charge in [0.15, 0.2) is 6.61 Å². The summed E-state index contributed by atoms with van der Waals surface area (Å²) in [5.41, 5.74) is 1.13. The Labute approximate surface area is 144 Å². The van der Waals surface area contributed by atoms with Gasteiger partial charge in [-0.05, 0) is 32.0 Å². The highest BCUT2D eigenvalue weighted by molar-refractivity contribution is 5.97. The number of aryl methyl sites for hydroxylation is 1. The highest BCUT2D eigenvalue weighted by atomic mass is 16.5. The molecular weight excluding hydrogens is 328 g/mol. The monoisotopic (exact) mass is 348 g/mol. The average molecular weight is 348 g/mol. The molecule has 1 aromatic carbocycles. The minimum atomic E-state index is -0.748. The number of benzene rings is 1. The van der Waals surface area contributed by atoms with Gasteiger partial charge < -0.3 is 24.5 Å². The molecule has 0 saturated heterocycles. The minimum Gasteiger partial charge on any atom is -0.494 e. The summed E-state index contributed by atoms with van der Waals surface area (Å²) < 4.78 is 15.9. The molecule has 8 nitrogen and oxygen atoms in total. The third-order valence-corrected chi connectivity index (χ3v) is 3.46. The van der Waals surface area contributed by atoms with Crippen molar-refractivity contribution < 1.29 is 28.3 Å². The average Bonchev–Trinajstić information content (AvgIpc) is 2.94. The molecule has 0 aliphatic heterocycles. The van der Waals surface area contributed by atoms with Crippen molar-refractivity contribution in [2.45, 2.75) is 13.8 Å². The first-order chi connectivity index (χ1) is 12.0. The molecule has 1 aromatic heterocycles. The predicted molar refractivity (Wildman–Crippen MR) is 89.5 cm³/mol. The minimum absolute atomic E-state index is 0.0303. The number of carbonyl (C=O) groups is 3. The lowest BCUT2D eigenvalue weighted by atomic mass is 10.1. The summed E-state index contributed by atoms with van der Waals surface area (Å²) in [6.45, 7) is 3.45. The van der Waals surface area contributed by atoms with Crippen molar-refractivity contribution in [1.29, 1.82) is 0 Å². The zero-order valence-electron chi connectivity index (χ0n) is 14.3. The van der Waals surface area contributed by atoms with Gasteiger partial charge in [0.1, 0.15) is 11.3 Å². The third kappa shape index (κ3) is 4.50. The highest BCUT2D eigenvalue weighted by Crippen LogP contribution is 2.29. The first-order valence-electron chi connectivity index (χ1n) is 7.76. The number of hydrogen-bond donors (Lipinski definition) is 2. The molecule has 2 amide bonds. The van der Waals surface area contributed by atoms with Crippen molar-refractivity contribution in [2.75, 3.05) is 26.8 Å². The Morgan fingerprint density at radius 2 is 1.96 bits per heavy atom. The van der Waals surface area contributed by atoms with Crippen LogP contribution in [0.2, 0.25) is 0 Å². The van der Waals surface area contributed by atoms with Gasteiger partial charge in [-0.15, -0.1) is 0 Å². The van der Waals surface area contributed by atoms with Crippen LogP contribution in [0, 0.1) is 6.92 Å². The van der Waals surface area contributed by atoms with Crippen molar-refractivity contribution in [2.24, 2.45) is 0 Å². The molecule has 0 unspecified atom stereocenters. The number of fused-ring (bicyclic) bond motifs is 1. The number of amides is 2. The van der Waals surface area contributed by atoms with Gasteiger partial charge in [0.2, 0.25) is 11.7 Å². The van der Waals surface area contributed by atoms with E-state index in [4.69, 9.17) is 13.9 Å². The largest absolute Gasteiger partial charge is 0.494 e. The van der Waals surface area contributed by atoms with Crippen molar-refractivity contribution >= 4 is 28.8 Å². The van der Waals surface area contributed by atoms with E-state index in [1.54, 1.807) is 25.1 Å². The molecule has 134 valence electrons. The summed E-state index contributed by atoms with van der Waals surface area (Å²) in [7, 11) is 1.45. The molecular formula is C17H20N2O6. The fraction of sp³-hybridized carbons (Fsp3) is 0.353. The molecule has 2 rings (SSSR count). The molecule has 0 aliphatic rings. The van der Waals surface area contributed by atoms with E-state index in [-0.39, 0.29) is 18.2 Å². The predicted octanol–water partition coefficient (Wildman–Crippen LogP) is 1.16. The fourth-order valence-electron chi connectivity index (χ4n) is 2.17. The maximum Gasteiger partial charge on any atom is 0.375 e. The lowest BCUT2D eigenvalue weighted by Crippen LogP contribution is -2.37. The van der Waals surface area contributed by atoms with Crippen molar-refractivity contribution in [3.05, 3.63) is 29.5 Å². The van der Waals surface area contributed by atoms with E-state index in [0.29, 0.717) is 23.5 Å².